The molecule has 21 heavy (non-hydrogen) atoms. The van der Waals surface area contributed by atoms with Gasteiger partial charge >= 0.3 is 0 Å². The Kier molecular flexibility index (Phi) is 3.79. The third-order valence-corrected chi connectivity index (χ3v) is 3.22. The molecule has 3 aromatic rings. The van der Waals surface area contributed by atoms with E-state index >= 15 is 0 Å². The van der Waals surface area contributed by atoms with Crippen molar-refractivity contribution in [3.63, 3.8) is 0 Å². The Morgan fingerprint density at radius 2 is 1.71 bits per heavy atom. The first kappa shape index (κ1) is 13.5. The van der Waals surface area contributed by atoms with Crippen molar-refractivity contribution < 1.29 is 9.13 Å². The van der Waals surface area contributed by atoms with Crippen molar-refractivity contribution in [3.05, 3.63) is 66.6 Å². The Hall–Kier alpha value is -2.46. The molecule has 3 rings (SSSR count). The van der Waals surface area contributed by atoms with E-state index in [4.69, 9.17) is 4.74 Å². The molecule has 0 aliphatic carbocycles. The monoisotopic (exact) mass is 282 g/mol. The van der Waals surface area contributed by atoms with E-state index in [-0.39, 0.29) is 5.82 Å². The maximum absolute atomic E-state index is 13.0. The van der Waals surface area contributed by atoms with Crippen molar-refractivity contribution in [2.45, 2.75) is 6.73 Å². The fraction of sp³-hybridized carbons (Fsp3) is 0.118. The SMILES string of the molecule is COCn1cc(-c2ccc(F)cc2)nc1-c1ccccc1. The zero-order valence-corrected chi connectivity index (χ0v) is 11.7. The zero-order valence-electron chi connectivity index (χ0n) is 11.7. The lowest BCUT2D eigenvalue weighted by Crippen LogP contribution is -2.00. The molecule has 4 heteroatoms. The molecule has 1 heterocycles. The molecule has 0 atom stereocenters. The van der Waals surface area contributed by atoms with Gasteiger partial charge in [0.05, 0.1) is 5.69 Å². The van der Waals surface area contributed by atoms with E-state index in [0.29, 0.717) is 6.73 Å². The van der Waals surface area contributed by atoms with E-state index in [2.05, 4.69) is 4.98 Å². The molecular formula is C17H15FN2O. The maximum Gasteiger partial charge on any atom is 0.142 e. The first-order valence-corrected chi connectivity index (χ1v) is 6.65. The van der Waals surface area contributed by atoms with E-state index in [0.717, 1.165) is 22.6 Å². The van der Waals surface area contributed by atoms with Gasteiger partial charge in [0, 0.05) is 24.4 Å². The molecular weight excluding hydrogens is 267 g/mol. The third-order valence-electron chi connectivity index (χ3n) is 3.22. The molecule has 0 unspecified atom stereocenters. The van der Waals surface area contributed by atoms with Crippen molar-refractivity contribution in [2.75, 3.05) is 7.11 Å². The molecule has 0 N–H and O–H groups in total. The highest BCUT2D eigenvalue weighted by atomic mass is 19.1. The quantitative estimate of drug-likeness (QED) is 0.724. The number of rotatable bonds is 4. The highest BCUT2D eigenvalue weighted by molar-refractivity contribution is 5.65. The Balaban J connectivity index is 2.06. The van der Waals surface area contributed by atoms with Crippen LogP contribution in [-0.4, -0.2) is 16.7 Å². The van der Waals surface area contributed by atoms with Gasteiger partial charge in [0.15, 0.2) is 0 Å². The molecule has 106 valence electrons. The predicted octanol–water partition coefficient (Wildman–Crippen LogP) is 3.96. The molecule has 3 nitrogen and oxygen atoms in total. The molecule has 0 bridgehead atoms. The molecule has 1 aromatic heterocycles. The fourth-order valence-electron chi connectivity index (χ4n) is 2.23. The smallest absolute Gasteiger partial charge is 0.142 e. The van der Waals surface area contributed by atoms with Gasteiger partial charge in [-0.15, -0.1) is 0 Å². The van der Waals surface area contributed by atoms with Crippen molar-refractivity contribution in [2.24, 2.45) is 0 Å². The molecule has 2 aromatic carbocycles. The van der Waals surface area contributed by atoms with Crippen LogP contribution in [0.3, 0.4) is 0 Å². The minimum Gasteiger partial charge on any atom is -0.364 e. The molecule has 0 aliphatic heterocycles. The second-order valence-electron chi connectivity index (χ2n) is 4.71. The number of ether oxygens (including phenoxy) is 1. The highest BCUT2D eigenvalue weighted by Gasteiger charge is 2.11. The Morgan fingerprint density at radius 3 is 2.38 bits per heavy atom. The minimum atomic E-state index is -0.252. The molecule has 0 saturated carbocycles. The van der Waals surface area contributed by atoms with Crippen LogP contribution >= 0.6 is 0 Å². The van der Waals surface area contributed by atoms with Gasteiger partial charge in [-0.25, -0.2) is 9.37 Å². The maximum atomic E-state index is 13.0. The van der Waals surface area contributed by atoms with Crippen LogP contribution in [0, 0.1) is 5.82 Å². The topological polar surface area (TPSA) is 27.1 Å². The van der Waals surface area contributed by atoms with Crippen LogP contribution in [0.1, 0.15) is 0 Å². The normalized spacial score (nSPS) is 10.8. The van der Waals surface area contributed by atoms with Crippen molar-refractivity contribution in [3.8, 4) is 22.6 Å². The summed E-state index contributed by atoms with van der Waals surface area (Å²) in [5.41, 5.74) is 2.69. The van der Waals surface area contributed by atoms with E-state index in [1.54, 1.807) is 19.2 Å². The number of aromatic nitrogens is 2. The summed E-state index contributed by atoms with van der Waals surface area (Å²) in [4.78, 5) is 4.66. The van der Waals surface area contributed by atoms with Gasteiger partial charge in [0.25, 0.3) is 0 Å². The van der Waals surface area contributed by atoms with Crippen LogP contribution in [0.5, 0.6) is 0 Å². The van der Waals surface area contributed by atoms with Gasteiger partial charge in [-0.1, -0.05) is 30.3 Å². The lowest BCUT2D eigenvalue weighted by atomic mass is 10.2. The van der Waals surface area contributed by atoms with Crippen molar-refractivity contribution in [1.82, 2.24) is 9.55 Å². The van der Waals surface area contributed by atoms with Crippen LogP contribution in [0.4, 0.5) is 4.39 Å². The number of hydrogen-bond acceptors (Lipinski definition) is 2. The number of hydrogen-bond donors (Lipinski definition) is 0. The Morgan fingerprint density at radius 1 is 1.00 bits per heavy atom. The molecule has 0 radical (unpaired) electrons. The van der Waals surface area contributed by atoms with Crippen LogP contribution in [0.15, 0.2) is 60.8 Å². The minimum absolute atomic E-state index is 0.252. The highest BCUT2D eigenvalue weighted by Crippen LogP contribution is 2.25. The number of methoxy groups -OCH3 is 1. The lowest BCUT2D eigenvalue weighted by Gasteiger charge is -2.05. The van der Waals surface area contributed by atoms with Crippen molar-refractivity contribution in [1.29, 1.82) is 0 Å². The van der Waals surface area contributed by atoms with E-state index in [1.165, 1.54) is 12.1 Å². The Labute approximate surface area is 122 Å². The average Bonchev–Trinajstić information content (AvgIpc) is 2.93. The van der Waals surface area contributed by atoms with Gasteiger partial charge in [-0.2, -0.15) is 0 Å². The first-order chi connectivity index (χ1) is 10.3. The van der Waals surface area contributed by atoms with Crippen LogP contribution in [0.2, 0.25) is 0 Å². The average molecular weight is 282 g/mol. The fourth-order valence-corrected chi connectivity index (χ4v) is 2.23. The largest absolute Gasteiger partial charge is 0.364 e. The van der Waals surface area contributed by atoms with Gasteiger partial charge in [-0.3, -0.25) is 0 Å². The standard InChI is InChI=1S/C17H15FN2O/c1-21-12-20-11-16(13-7-9-15(18)10-8-13)19-17(20)14-5-3-2-4-6-14/h2-11H,12H2,1H3. The van der Waals surface area contributed by atoms with Gasteiger partial charge in [-0.05, 0) is 24.3 Å². The summed E-state index contributed by atoms with van der Waals surface area (Å²) in [5, 5.41) is 0. The summed E-state index contributed by atoms with van der Waals surface area (Å²) >= 11 is 0. The van der Waals surface area contributed by atoms with E-state index in [9.17, 15) is 4.39 Å². The molecule has 0 fully saturated rings. The summed E-state index contributed by atoms with van der Waals surface area (Å²) < 4.78 is 20.2. The summed E-state index contributed by atoms with van der Waals surface area (Å²) in [5.74, 6) is 0.579. The molecule has 0 amide bonds. The van der Waals surface area contributed by atoms with Gasteiger partial charge < -0.3 is 9.30 Å². The van der Waals surface area contributed by atoms with Crippen LogP contribution < -0.4 is 0 Å². The first-order valence-electron chi connectivity index (χ1n) is 6.65. The number of benzene rings is 2. The summed E-state index contributed by atoms with van der Waals surface area (Å²) in [6, 6.07) is 16.2. The zero-order chi connectivity index (χ0) is 14.7. The van der Waals surface area contributed by atoms with Crippen LogP contribution in [0.25, 0.3) is 22.6 Å². The molecule has 0 spiro atoms. The summed E-state index contributed by atoms with van der Waals surface area (Å²) in [6.45, 7) is 0.415. The molecule has 0 aliphatic rings. The second kappa shape index (κ2) is 5.89. The van der Waals surface area contributed by atoms with Crippen LogP contribution in [-0.2, 0) is 11.5 Å². The van der Waals surface area contributed by atoms with Crippen molar-refractivity contribution >= 4 is 0 Å². The summed E-state index contributed by atoms with van der Waals surface area (Å²) in [6.07, 6.45) is 1.92. The number of nitrogens with zero attached hydrogens (tertiary/aromatic N) is 2. The molecule has 0 saturated heterocycles. The Bertz CT molecular complexity index is 720. The number of halogens is 1. The van der Waals surface area contributed by atoms with Gasteiger partial charge in [0.1, 0.15) is 18.4 Å². The predicted molar refractivity (Wildman–Crippen MR) is 80.1 cm³/mol. The number of imidazole rings is 1. The van der Waals surface area contributed by atoms with E-state index < -0.39 is 0 Å². The summed E-state index contributed by atoms with van der Waals surface area (Å²) in [7, 11) is 1.65. The lowest BCUT2D eigenvalue weighted by molar-refractivity contribution is 0.132. The second-order valence-corrected chi connectivity index (χ2v) is 4.71. The van der Waals surface area contributed by atoms with E-state index in [1.807, 2.05) is 41.1 Å². The third kappa shape index (κ3) is 2.85. The van der Waals surface area contributed by atoms with Gasteiger partial charge in [0.2, 0.25) is 0 Å².